The summed E-state index contributed by atoms with van der Waals surface area (Å²) >= 11 is 6.02. The lowest BCUT2D eigenvalue weighted by Crippen LogP contribution is -2.26. The van der Waals surface area contributed by atoms with Crippen LogP contribution in [-0.2, 0) is 6.54 Å². The lowest BCUT2D eigenvalue weighted by atomic mass is 9.81. The highest BCUT2D eigenvalue weighted by Crippen LogP contribution is 2.30. The second-order valence-corrected chi connectivity index (χ2v) is 6.87. The summed E-state index contributed by atoms with van der Waals surface area (Å²) in [6, 6.07) is 6.07. The van der Waals surface area contributed by atoms with Crippen molar-refractivity contribution in [2.45, 2.75) is 45.6 Å². The summed E-state index contributed by atoms with van der Waals surface area (Å²) in [4.78, 5) is 3.31. The van der Waals surface area contributed by atoms with Gasteiger partial charge in [0.05, 0.1) is 0 Å². The fourth-order valence-electron chi connectivity index (χ4n) is 3.56. The number of H-pyrrole nitrogens is 1. The van der Waals surface area contributed by atoms with E-state index in [1.165, 1.54) is 43.1 Å². The van der Waals surface area contributed by atoms with Crippen molar-refractivity contribution in [3.8, 4) is 0 Å². The number of aromatic amines is 1. The van der Waals surface area contributed by atoms with E-state index >= 15 is 0 Å². The van der Waals surface area contributed by atoms with Gasteiger partial charge in [0, 0.05) is 28.7 Å². The van der Waals surface area contributed by atoms with Gasteiger partial charge in [-0.05, 0) is 48.9 Å². The summed E-state index contributed by atoms with van der Waals surface area (Å²) in [7, 11) is 0. The van der Waals surface area contributed by atoms with Gasteiger partial charge >= 0.3 is 0 Å². The molecule has 2 aromatic rings. The van der Waals surface area contributed by atoms with Gasteiger partial charge in [-0.3, -0.25) is 0 Å². The molecule has 0 spiro atoms. The standard InChI is InChI=1S/C18H25ClN2/c1-2-13-3-5-14(6-4-13)10-20-11-15-12-21-18-9-16(19)7-8-17(15)18/h7-9,12-14,20-21H,2-6,10-11H2,1H3. The first-order valence-electron chi connectivity index (χ1n) is 8.22. The van der Waals surface area contributed by atoms with Gasteiger partial charge in [0.25, 0.3) is 0 Å². The Bertz CT molecular complexity index is 582. The van der Waals surface area contributed by atoms with Crippen LogP contribution in [0.4, 0.5) is 0 Å². The third kappa shape index (κ3) is 3.61. The zero-order valence-electron chi connectivity index (χ0n) is 12.8. The fraction of sp³-hybridized carbons (Fsp3) is 0.556. The van der Waals surface area contributed by atoms with Crippen molar-refractivity contribution in [1.29, 1.82) is 0 Å². The molecule has 0 aliphatic heterocycles. The number of hydrogen-bond acceptors (Lipinski definition) is 1. The lowest BCUT2D eigenvalue weighted by Gasteiger charge is -2.27. The number of halogens is 1. The van der Waals surface area contributed by atoms with E-state index in [1.54, 1.807) is 0 Å². The van der Waals surface area contributed by atoms with Crippen LogP contribution in [-0.4, -0.2) is 11.5 Å². The van der Waals surface area contributed by atoms with Gasteiger partial charge < -0.3 is 10.3 Å². The molecule has 3 rings (SSSR count). The Hall–Kier alpha value is -0.990. The molecule has 1 aromatic heterocycles. The molecule has 1 aliphatic rings. The predicted molar refractivity (Wildman–Crippen MR) is 90.8 cm³/mol. The first-order chi connectivity index (χ1) is 10.3. The number of fused-ring (bicyclic) bond motifs is 1. The average molecular weight is 305 g/mol. The van der Waals surface area contributed by atoms with Crippen LogP contribution < -0.4 is 5.32 Å². The third-order valence-electron chi connectivity index (χ3n) is 5.02. The molecule has 0 radical (unpaired) electrons. The molecule has 0 atom stereocenters. The summed E-state index contributed by atoms with van der Waals surface area (Å²) in [6.07, 6.45) is 9.10. The summed E-state index contributed by atoms with van der Waals surface area (Å²) in [5.41, 5.74) is 2.46. The maximum absolute atomic E-state index is 6.02. The van der Waals surface area contributed by atoms with Crippen molar-refractivity contribution in [3.63, 3.8) is 0 Å². The Morgan fingerprint density at radius 3 is 2.71 bits per heavy atom. The maximum atomic E-state index is 6.02. The molecule has 3 heteroatoms. The number of rotatable bonds is 5. The quantitative estimate of drug-likeness (QED) is 0.787. The highest BCUT2D eigenvalue weighted by atomic mass is 35.5. The van der Waals surface area contributed by atoms with E-state index in [0.717, 1.165) is 35.5 Å². The van der Waals surface area contributed by atoms with Gasteiger partial charge in [0.1, 0.15) is 0 Å². The molecule has 1 heterocycles. The van der Waals surface area contributed by atoms with Crippen molar-refractivity contribution in [2.24, 2.45) is 11.8 Å². The van der Waals surface area contributed by atoms with Gasteiger partial charge in [-0.2, -0.15) is 0 Å². The molecule has 2 N–H and O–H groups in total. The predicted octanol–water partition coefficient (Wildman–Crippen LogP) is 5.13. The summed E-state index contributed by atoms with van der Waals surface area (Å²) < 4.78 is 0. The van der Waals surface area contributed by atoms with E-state index in [9.17, 15) is 0 Å². The highest BCUT2D eigenvalue weighted by molar-refractivity contribution is 6.31. The smallest absolute Gasteiger partial charge is 0.0472 e. The molecule has 114 valence electrons. The van der Waals surface area contributed by atoms with Gasteiger partial charge in [-0.1, -0.05) is 43.9 Å². The van der Waals surface area contributed by atoms with E-state index < -0.39 is 0 Å². The zero-order chi connectivity index (χ0) is 14.7. The molecule has 0 saturated heterocycles. The summed E-state index contributed by atoms with van der Waals surface area (Å²) in [5, 5.41) is 5.71. The Morgan fingerprint density at radius 2 is 1.95 bits per heavy atom. The van der Waals surface area contributed by atoms with Gasteiger partial charge in [-0.15, -0.1) is 0 Å². The normalized spacial score (nSPS) is 22.8. The van der Waals surface area contributed by atoms with E-state index in [2.05, 4.69) is 29.5 Å². The second kappa shape index (κ2) is 6.85. The van der Waals surface area contributed by atoms with Gasteiger partial charge in [0.2, 0.25) is 0 Å². The SMILES string of the molecule is CCC1CCC(CNCc2c[nH]c3cc(Cl)ccc23)CC1. The number of nitrogens with one attached hydrogen (secondary N) is 2. The highest BCUT2D eigenvalue weighted by Gasteiger charge is 2.19. The topological polar surface area (TPSA) is 27.8 Å². The van der Waals surface area contributed by atoms with Crippen LogP contribution in [0, 0.1) is 11.8 Å². The average Bonchev–Trinajstić information content (AvgIpc) is 2.90. The Labute approximate surface area is 132 Å². The number of hydrogen-bond donors (Lipinski definition) is 2. The fourth-order valence-corrected chi connectivity index (χ4v) is 3.73. The van der Waals surface area contributed by atoms with Gasteiger partial charge in [0.15, 0.2) is 0 Å². The maximum Gasteiger partial charge on any atom is 0.0472 e. The van der Waals surface area contributed by atoms with Crippen LogP contribution in [0.5, 0.6) is 0 Å². The lowest BCUT2D eigenvalue weighted by molar-refractivity contribution is 0.262. The van der Waals surface area contributed by atoms with Crippen LogP contribution in [0.2, 0.25) is 5.02 Å². The van der Waals surface area contributed by atoms with E-state index in [-0.39, 0.29) is 0 Å². The summed E-state index contributed by atoms with van der Waals surface area (Å²) in [5.74, 6) is 1.85. The Balaban J connectivity index is 1.51. The van der Waals surface area contributed by atoms with Gasteiger partial charge in [-0.25, -0.2) is 0 Å². The molecule has 2 nitrogen and oxygen atoms in total. The van der Waals surface area contributed by atoms with Crippen LogP contribution >= 0.6 is 11.6 Å². The van der Waals surface area contributed by atoms with E-state index in [1.807, 2.05) is 12.1 Å². The molecular weight excluding hydrogens is 280 g/mol. The molecule has 0 bridgehead atoms. The first kappa shape index (κ1) is 14.9. The van der Waals surface area contributed by atoms with Crippen LogP contribution in [0.3, 0.4) is 0 Å². The third-order valence-corrected chi connectivity index (χ3v) is 5.26. The Kier molecular flexibility index (Phi) is 4.87. The number of benzene rings is 1. The van der Waals surface area contributed by atoms with E-state index in [4.69, 9.17) is 11.6 Å². The molecule has 1 aromatic carbocycles. The molecule has 1 saturated carbocycles. The molecule has 0 amide bonds. The molecule has 1 fully saturated rings. The molecule has 0 unspecified atom stereocenters. The largest absolute Gasteiger partial charge is 0.361 e. The van der Waals surface area contributed by atoms with Crippen molar-refractivity contribution >= 4 is 22.5 Å². The minimum Gasteiger partial charge on any atom is -0.361 e. The van der Waals surface area contributed by atoms with E-state index in [0.29, 0.717) is 0 Å². The van der Waals surface area contributed by atoms with Crippen LogP contribution in [0.15, 0.2) is 24.4 Å². The van der Waals surface area contributed by atoms with Crippen molar-refractivity contribution in [2.75, 3.05) is 6.54 Å². The Morgan fingerprint density at radius 1 is 1.19 bits per heavy atom. The van der Waals surface area contributed by atoms with Crippen LogP contribution in [0.1, 0.15) is 44.6 Å². The summed E-state index contributed by atoms with van der Waals surface area (Å²) in [6.45, 7) is 4.42. The van der Waals surface area contributed by atoms with Crippen molar-refractivity contribution in [1.82, 2.24) is 10.3 Å². The molecule has 21 heavy (non-hydrogen) atoms. The van der Waals surface area contributed by atoms with Crippen molar-refractivity contribution < 1.29 is 0 Å². The molecular formula is C18H25ClN2. The number of aromatic nitrogens is 1. The van der Waals surface area contributed by atoms with Crippen LogP contribution in [0.25, 0.3) is 10.9 Å². The monoisotopic (exact) mass is 304 g/mol. The minimum absolute atomic E-state index is 0.788. The second-order valence-electron chi connectivity index (χ2n) is 6.43. The zero-order valence-corrected chi connectivity index (χ0v) is 13.5. The minimum atomic E-state index is 0.788. The van der Waals surface area contributed by atoms with Crippen molar-refractivity contribution in [3.05, 3.63) is 35.0 Å². The molecule has 1 aliphatic carbocycles. The first-order valence-corrected chi connectivity index (χ1v) is 8.60.